The molecule has 0 N–H and O–H groups in total. The van der Waals surface area contributed by atoms with Crippen LogP contribution in [0.5, 0.6) is 0 Å². The van der Waals surface area contributed by atoms with Gasteiger partial charge in [0.15, 0.2) is 0 Å². The van der Waals surface area contributed by atoms with E-state index in [4.69, 9.17) is 4.74 Å². The Bertz CT molecular complexity index is 563. The van der Waals surface area contributed by atoms with Crippen LogP contribution in [0.2, 0.25) is 0 Å². The third kappa shape index (κ3) is 4.28. The molecule has 0 spiro atoms. The number of carbonyl (C=O) groups excluding carboxylic acids is 1. The van der Waals surface area contributed by atoms with Gasteiger partial charge in [-0.05, 0) is 24.8 Å². The monoisotopic (exact) mass is 311 g/mol. The van der Waals surface area contributed by atoms with Crippen molar-refractivity contribution in [3.05, 3.63) is 35.9 Å². The number of hydrogen-bond donors (Lipinski definition) is 0. The molecular formula is C15H21NO4S. The summed E-state index contributed by atoms with van der Waals surface area (Å²) >= 11 is 0. The maximum atomic E-state index is 12.3. The molecule has 21 heavy (non-hydrogen) atoms. The summed E-state index contributed by atoms with van der Waals surface area (Å²) in [6.45, 7) is 0.799. The van der Waals surface area contributed by atoms with E-state index in [1.165, 1.54) is 11.4 Å². The van der Waals surface area contributed by atoms with Gasteiger partial charge < -0.3 is 4.74 Å². The summed E-state index contributed by atoms with van der Waals surface area (Å²) in [6.07, 6.45) is 1.59. The molecule has 2 rings (SSSR count). The lowest BCUT2D eigenvalue weighted by Gasteiger charge is -2.29. The highest BCUT2D eigenvalue weighted by Crippen LogP contribution is 2.21. The summed E-state index contributed by atoms with van der Waals surface area (Å²) in [5, 5.41) is 0. The molecule has 1 aliphatic heterocycles. The summed E-state index contributed by atoms with van der Waals surface area (Å²) in [5.41, 5.74) is 1.02. The first-order chi connectivity index (χ1) is 10.0. The van der Waals surface area contributed by atoms with Gasteiger partial charge in [-0.2, -0.15) is 0 Å². The molecule has 0 atom stereocenters. The Hall–Kier alpha value is -1.40. The van der Waals surface area contributed by atoms with Gasteiger partial charge in [0.05, 0.1) is 18.8 Å². The van der Waals surface area contributed by atoms with Gasteiger partial charge >= 0.3 is 5.97 Å². The van der Waals surface area contributed by atoms with E-state index < -0.39 is 10.0 Å². The number of piperidine rings is 1. The first-order valence-electron chi connectivity index (χ1n) is 7.12. The lowest BCUT2D eigenvalue weighted by atomic mass is 9.99. The summed E-state index contributed by atoms with van der Waals surface area (Å²) in [5.74, 6) is -0.299. The van der Waals surface area contributed by atoms with Crippen LogP contribution in [0.3, 0.4) is 0 Å². The van der Waals surface area contributed by atoms with Crippen LogP contribution in [-0.4, -0.2) is 44.6 Å². The zero-order chi connectivity index (χ0) is 15.3. The summed E-state index contributed by atoms with van der Waals surface area (Å²) in [4.78, 5) is 11.4. The van der Waals surface area contributed by atoms with E-state index in [2.05, 4.69) is 0 Å². The normalized spacial score (nSPS) is 17.6. The second-order valence-electron chi connectivity index (χ2n) is 5.25. The molecule has 0 unspecified atom stereocenters. The van der Waals surface area contributed by atoms with Gasteiger partial charge in [-0.15, -0.1) is 0 Å². The van der Waals surface area contributed by atoms with Gasteiger partial charge in [-0.1, -0.05) is 30.3 Å². The van der Waals surface area contributed by atoms with Crippen molar-refractivity contribution in [2.75, 3.05) is 26.0 Å². The van der Waals surface area contributed by atoms with E-state index in [-0.39, 0.29) is 17.6 Å². The molecule has 0 aromatic heterocycles. The molecule has 1 aromatic carbocycles. The number of hydrogen-bond acceptors (Lipinski definition) is 4. The Kier molecular flexibility index (Phi) is 5.36. The van der Waals surface area contributed by atoms with Gasteiger partial charge in [-0.3, -0.25) is 4.79 Å². The van der Waals surface area contributed by atoms with Crippen molar-refractivity contribution in [2.45, 2.75) is 19.3 Å². The first-order valence-corrected chi connectivity index (χ1v) is 8.73. The molecule has 1 fully saturated rings. The number of methoxy groups -OCH3 is 1. The summed E-state index contributed by atoms with van der Waals surface area (Å²) in [7, 11) is -1.89. The Morgan fingerprint density at radius 3 is 2.43 bits per heavy atom. The number of ether oxygens (including phenoxy) is 1. The molecule has 6 heteroatoms. The Morgan fingerprint density at radius 1 is 1.24 bits per heavy atom. The van der Waals surface area contributed by atoms with Crippen LogP contribution < -0.4 is 0 Å². The minimum atomic E-state index is -3.26. The Morgan fingerprint density at radius 2 is 1.86 bits per heavy atom. The Balaban J connectivity index is 1.88. The molecule has 0 amide bonds. The highest BCUT2D eigenvalue weighted by molar-refractivity contribution is 7.89. The largest absolute Gasteiger partial charge is 0.469 e. The number of sulfonamides is 1. The highest BCUT2D eigenvalue weighted by atomic mass is 32.2. The fraction of sp³-hybridized carbons (Fsp3) is 0.533. The second kappa shape index (κ2) is 7.04. The number of aryl methyl sites for hydroxylation is 1. The van der Waals surface area contributed by atoms with E-state index in [1.54, 1.807) is 0 Å². The predicted molar refractivity (Wildman–Crippen MR) is 80.2 cm³/mol. The average molecular weight is 311 g/mol. The molecule has 1 saturated heterocycles. The molecule has 116 valence electrons. The smallest absolute Gasteiger partial charge is 0.308 e. The van der Waals surface area contributed by atoms with Crippen LogP contribution >= 0.6 is 0 Å². The van der Waals surface area contributed by atoms with E-state index in [9.17, 15) is 13.2 Å². The van der Waals surface area contributed by atoms with Gasteiger partial charge in [-0.25, -0.2) is 12.7 Å². The molecule has 0 aliphatic carbocycles. The number of carbonyl (C=O) groups is 1. The van der Waals surface area contributed by atoms with Gasteiger partial charge in [0, 0.05) is 13.1 Å². The summed E-state index contributed by atoms with van der Waals surface area (Å²) < 4.78 is 30.8. The van der Waals surface area contributed by atoms with Crippen LogP contribution in [0.4, 0.5) is 0 Å². The number of benzene rings is 1. The van der Waals surface area contributed by atoms with Crippen molar-refractivity contribution in [3.8, 4) is 0 Å². The quantitative estimate of drug-likeness (QED) is 0.772. The zero-order valence-electron chi connectivity index (χ0n) is 12.2. The number of esters is 1. The zero-order valence-corrected chi connectivity index (χ0v) is 13.0. The van der Waals surface area contributed by atoms with Gasteiger partial charge in [0.1, 0.15) is 0 Å². The molecule has 0 radical (unpaired) electrons. The van der Waals surface area contributed by atoms with Crippen LogP contribution in [0, 0.1) is 5.92 Å². The van der Waals surface area contributed by atoms with E-state index in [0.29, 0.717) is 32.4 Å². The predicted octanol–water partition coefficient (Wildman–Crippen LogP) is 1.44. The van der Waals surface area contributed by atoms with E-state index in [0.717, 1.165) is 5.56 Å². The molecule has 1 aliphatic rings. The molecule has 1 aromatic rings. The van der Waals surface area contributed by atoms with Crippen molar-refractivity contribution < 1.29 is 17.9 Å². The third-order valence-corrected chi connectivity index (χ3v) is 5.75. The van der Waals surface area contributed by atoms with Crippen LogP contribution in [0.1, 0.15) is 18.4 Å². The minimum absolute atomic E-state index is 0.111. The van der Waals surface area contributed by atoms with Gasteiger partial charge in [0.25, 0.3) is 0 Å². The minimum Gasteiger partial charge on any atom is -0.469 e. The second-order valence-corrected chi connectivity index (χ2v) is 7.34. The number of rotatable bonds is 5. The highest BCUT2D eigenvalue weighted by Gasteiger charge is 2.31. The fourth-order valence-electron chi connectivity index (χ4n) is 2.56. The van der Waals surface area contributed by atoms with Crippen molar-refractivity contribution >= 4 is 16.0 Å². The molecular weight excluding hydrogens is 290 g/mol. The van der Waals surface area contributed by atoms with Crippen LogP contribution in [-0.2, 0) is 26.0 Å². The lowest BCUT2D eigenvalue weighted by molar-refractivity contribution is -0.146. The van der Waals surface area contributed by atoms with Crippen LogP contribution in [0.15, 0.2) is 30.3 Å². The standard InChI is InChI=1S/C15H21NO4S/c1-20-15(17)14-7-10-16(11-8-14)21(18,19)12-9-13-5-3-2-4-6-13/h2-6,14H,7-12H2,1H3. The van der Waals surface area contributed by atoms with Crippen molar-refractivity contribution in [1.29, 1.82) is 0 Å². The molecule has 1 heterocycles. The van der Waals surface area contributed by atoms with E-state index >= 15 is 0 Å². The topological polar surface area (TPSA) is 63.7 Å². The summed E-state index contributed by atoms with van der Waals surface area (Å²) in [6, 6.07) is 9.58. The van der Waals surface area contributed by atoms with Crippen LogP contribution in [0.25, 0.3) is 0 Å². The van der Waals surface area contributed by atoms with Crippen molar-refractivity contribution in [2.24, 2.45) is 5.92 Å². The molecule has 0 saturated carbocycles. The lowest BCUT2D eigenvalue weighted by Crippen LogP contribution is -2.41. The number of nitrogens with zero attached hydrogens (tertiary/aromatic N) is 1. The van der Waals surface area contributed by atoms with Crippen molar-refractivity contribution in [3.63, 3.8) is 0 Å². The molecule has 0 bridgehead atoms. The average Bonchev–Trinajstić information content (AvgIpc) is 2.53. The molecule has 5 nitrogen and oxygen atoms in total. The van der Waals surface area contributed by atoms with Gasteiger partial charge in [0.2, 0.25) is 10.0 Å². The SMILES string of the molecule is COC(=O)C1CCN(S(=O)(=O)CCc2ccccc2)CC1. The third-order valence-electron chi connectivity index (χ3n) is 3.87. The first kappa shape index (κ1) is 16.0. The van der Waals surface area contributed by atoms with E-state index in [1.807, 2.05) is 30.3 Å². The van der Waals surface area contributed by atoms with Crippen molar-refractivity contribution in [1.82, 2.24) is 4.31 Å². The maximum absolute atomic E-state index is 12.3. The Labute approximate surface area is 126 Å². The maximum Gasteiger partial charge on any atom is 0.308 e. The fourth-order valence-corrected chi connectivity index (χ4v) is 4.08.